The van der Waals surface area contributed by atoms with E-state index in [2.05, 4.69) is 10.6 Å². The van der Waals surface area contributed by atoms with Gasteiger partial charge in [0.25, 0.3) is 5.91 Å². The molecule has 8 nitrogen and oxygen atoms in total. The molecule has 2 aromatic rings. The number of anilines is 2. The van der Waals surface area contributed by atoms with Gasteiger partial charge in [0.1, 0.15) is 0 Å². The van der Waals surface area contributed by atoms with Crippen LogP contribution in [0, 0.1) is 0 Å². The van der Waals surface area contributed by atoms with Gasteiger partial charge in [0.05, 0.1) is 17.7 Å². The third kappa shape index (κ3) is 7.10. The van der Waals surface area contributed by atoms with Crippen molar-refractivity contribution in [3.8, 4) is 0 Å². The van der Waals surface area contributed by atoms with Crippen LogP contribution in [0.4, 0.5) is 11.4 Å². The topological polar surface area (TPSA) is 111 Å². The van der Waals surface area contributed by atoms with Gasteiger partial charge in [-0.3, -0.25) is 9.59 Å². The van der Waals surface area contributed by atoms with E-state index in [9.17, 15) is 19.2 Å². The van der Waals surface area contributed by atoms with Crippen molar-refractivity contribution in [1.29, 1.82) is 0 Å². The Balaban J connectivity index is 1.85. The van der Waals surface area contributed by atoms with E-state index in [0.717, 1.165) is 6.42 Å². The highest BCUT2D eigenvalue weighted by atomic mass is 16.5. The summed E-state index contributed by atoms with van der Waals surface area (Å²) in [7, 11) is 0. The van der Waals surface area contributed by atoms with Crippen LogP contribution in [0.1, 0.15) is 41.0 Å². The maximum atomic E-state index is 12.1. The van der Waals surface area contributed by atoms with E-state index in [-0.39, 0.29) is 11.5 Å². The van der Waals surface area contributed by atoms with Gasteiger partial charge in [-0.25, -0.2) is 9.59 Å². The van der Waals surface area contributed by atoms with E-state index in [1.54, 1.807) is 24.3 Å². The summed E-state index contributed by atoms with van der Waals surface area (Å²) >= 11 is 0. The first-order valence-corrected chi connectivity index (χ1v) is 9.01. The van der Waals surface area contributed by atoms with Crippen LogP contribution in [0.15, 0.2) is 48.5 Å². The molecule has 29 heavy (non-hydrogen) atoms. The summed E-state index contributed by atoms with van der Waals surface area (Å²) in [6.45, 7) is 3.12. The van der Waals surface area contributed by atoms with Crippen LogP contribution in [-0.2, 0) is 19.1 Å². The number of carbonyl (C=O) groups is 4. The molecule has 2 aromatic carbocycles. The Bertz CT molecular complexity index is 892. The normalized spacial score (nSPS) is 10.0. The van der Waals surface area contributed by atoms with E-state index < -0.39 is 24.5 Å². The number of hydrogen-bond acceptors (Lipinski definition) is 6. The van der Waals surface area contributed by atoms with Crippen molar-refractivity contribution in [1.82, 2.24) is 0 Å². The van der Waals surface area contributed by atoms with Gasteiger partial charge in [0, 0.05) is 18.3 Å². The number of amides is 2. The fourth-order valence-electron chi connectivity index (χ4n) is 2.31. The van der Waals surface area contributed by atoms with Crippen LogP contribution >= 0.6 is 0 Å². The highest BCUT2D eigenvalue weighted by Crippen LogP contribution is 2.13. The van der Waals surface area contributed by atoms with Gasteiger partial charge < -0.3 is 20.1 Å². The van der Waals surface area contributed by atoms with Crippen molar-refractivity contribution in [2.24, 2.45) is 0 Å². The minimum atomic E-state index is -0.693. The maximum Gasteiger partial charge on any atom is 0.338 e. The number of nitrogens with one attached hydrogen (secondary N) is 2. The third-order valence-corrected chi connectivity index (χ3v) is 3.59. The van der Waals surface area contributed by atoms with Crippen molar-refractivity contribution in [3.63, 3.8) is 0 Å². The predicted molar refractivity (Wildman–Crippen MR) is 107 cm³/mol. The third-order valence-electron chi connectivity index (χ3n) is 3.59. The molecule has 152 valence electrons. The molecule has 0 aliphatic carbocycles. The Labute approximate surface area is 168 Å². The minimum absolute atomic E-state index is 0.207. The number of carbonyl (C=O) groups excluding carboxylic acids is 4. The summed E-state index contributed by atoms with van der Waals surface area (Å²) in [6, 6.07) is 12.4. The van der Waals surface area contributed by atoms with Gasteiger partial charge >= 0.3 is 11.9 Å². The van der Waals surface area contributed by atoms with Gasteiger partial charge in [-0.05, 0) is 48.9 Å². The molecule has 2 rings (SSSR count). The Morgan fingerprint density at radius 1 is 0.828 bits per heavy atom. The first kappa shape index (κ1) is 21.6. The van der Waals surface area contributed by atoms with Crippen LogP contribution in [0.3, 0.4) is 0 Å². The van der Waals surface area contributed by atoms with Gasteiger partial charge in [-0.2, -0.15) is 0 Å². The summed E-state index contributed by atoms with van der Waals surface area (Å²) in [5.74, 6) is -1.92. The van der Waals surface area contributed by atoms with E-state index >= 15 is 0 Å². The lowest BCUT2D eigenvalue weighted by atomic mass is 10.2. The summed E-state index contributed by atoms with van der Waals surface area (Å²) in [6.07, 6.45) is 0.732. The number of ether oxygens (including phenoxy) is 2. The highest BCUT2D eigenvalue weighted by Gasteiger charge is 2.12. The number of esters is 2. The molecule has 2 N–H and O–H groups in total. The lowest BCUT2D eigenvalue weighted by Gasteiger charge is -2.08. The second-order valence-electron chi connectivity index (χ2n) is 6.10. The second-order valence-corrected chi connectivity index (χ2v) is 6.10. The molecule has 0 radical (unpaired) electrons. The van der Waals surface area contributed by atoms with Crippen LogP contribution < -0.4 is 10.6 Å². The average molecular weight is 398 g/mol. The molecule has 2 amide bonds. The molecule has 0 heterocycles. The Morgan fingerprint density at radius 2 is 1.52 bits per heavy atom. The Kier molecular flexibility index (Phi) is 7.90. The van der Waals surface area contributed by atoms with E-state index in [0.29, 0.717) is 23.5 Å². The van der Waals surface area contributed by atoms with E-state index in [4.69, 9.17) is 9.47 Å². The predicted octanol–water partition coefficient (Wildman–Crippen LogP) is 3.01. The highest BCUT2D eigenvalue weighted by molar-refractivity contribution is 5.97. The van der Waals surface area contributed by atoms with Crippen molar-refractivity contribution in [3.05, 3.63) is 59.7 Å². The van der Waals surface area contributed by atoms with Crippen LogP contribution in [0.5, 0.6) is 0 Å². The van der Waals surface area contributed by atoms with Crippen LogP contribution in [-0.4, -0.2) is 37.0 Å². The molecule has 0 saturated carbocycles. The molecular weight excluding hydrogens is 376 g/mol. The number of rotatable bonds is 8. The van der Waals surface area contributed by atoms with Crippen molar-refractivity contribution < 1.29 is 28.7 Å². The molecule has 0 fully saturated rings. The largest absolute Gasteiger partial charge is 0.462 e. The van der Waals surface area contributed by atoms with Crippen LogP contribution in [0.25, 0.3) is 0 Å². The molecule has 0 spiro atoms. The van der Waals surface area contributed by atoms with Crippen molar-refractivity contribution >= 4 is 35.1 Å². The average Bonchev–Trinajstić information content (AvgIpc) is 2.70. The SMILES string of the molecule is CCCOC(=O)c1ccc(NC(=O)COC(=O)c2cccc(NC(C)=O)c2)cc1. The first-order chi connectivity index (χ1) is 13.9. The van der Waals surface area contributed by atoms with Gasteiger partial charge in [0.15, 0.2) is 6.61 Å². The smallest absolute Gasteiger partial charge is 0.338 e. The zero-order chi connectivity index (χ0) is 21.2. The fraction of sp³-hybridized carbons (Fsp3) is 0.238. The second kappa shape index (κ2) is 10.6. The molecular formula is C21H22N2O6. The standard InChI is InChI=1S/C21H22N2O6/c1-3-11-28-20(26)15-7-9-17(10-8-15)23-19(25)13-29-21(27)16-5-4-6-18(12-16)22-14(2)24/h4-10,12H,3,11,13H2,1-2H3,(H,22,24)(H,23,25). The monoisotopic (exact) mass is 398 g/mol. The zero-order valence-electron chi connectivity index (χ0n) is 16.2. The molecule has 0 unspecified atom stereocenters. The van der Waals surface area contributed by atoms with Crippen LogP contribution in [0.2, 0.25) is 0 Å². The molecule has 0 bridgehead atoms. The summed E-state index contributed by atoms with van der Waals surface area (Å²) < 4.78 is 10.0. The molecule has 0 saturated heterocycles. The Hall–Kier alpha value is -3.68. The molecule has 0 aliphatic rings. The van der Waals surface area contributed by atoms with E-state index in [1.165, 1.54) is 31.2 Å². The summed E-state index contributed by atoms with van der Waals surface area (Å²) in [5.41, 5.74) is 1.49. The zero-order valence-corrected chi connectivity index (χ0v) is 16.2. The molecule has 8 heteroatoms. The van der Waals surface area contributed by atoms with Crippen molar-refractivity contribution in [2.45, 2.75) is 20.3 Å². The van der Waals surface area contributed by atoms with Gasteiger partial charge in [-0.1, -0.05) is 13.0 Å². The Morgan fingerprint density at radius 3 is 2.17 bits per heavy atom. The fourth-order valence-corrected chi connectivity index (χ4v) is 2.31. The van der Waals surface area contributed by atoms with Gasteiger partial charge in [0.2, 0.25) is 5.91 Å². The number of hydrogen-bond donors (Lipinski definition) is 2. The molecule has 0 atom stereocenters. The lowest BCUT2D eigenvalue weighted by molar-refractivity contribution is -0.119. The van der Waals surface area contributed by atoms with Gasteiger partial charge in [-0.15, -0.1) is 0 Å². The summed E-state index contributed by atoms with van der Waals surface area (Å²) in [4.78, 5) is 46.9. The quantitative estimate of drug-likeness (QED) is 0.662. The lowest BCUT2D eigenvalue weighted by Crippen LogP contribution is -2.21. The molecule has 0 aliphatic heterocycles. The van der Waals surface area contributed by atoms with Crippen molar-refractivity contribution in [2.75, 3.05) is 23.8 Å². The first-order valence-electron chi connectivity index (χ1n) is 9.01. The number of benzene rings is 2. The summed E-state index contributed by atoms with van der Waals surface area (Å²) in [5, 5.41) is 5.13. The minimum Gasteiger partial charge on any atom is -0.462 e. The molecule has 0 aromatic heterocycles. The maximum absolute atomic E-state index is 12.1. The van der Waals surface area contributed by atoms with E-state index in [1.807, 2.05) is 6.92 Å².